The molecule has 1 unspecified atom stereocenters. The Balaban J connectivity index is 2.00. The van der Waals surface area contributed by atoms with Crippen molar-refractivity contribution in [3.05, 3.63) is 35.3 Å². The number of ether oxygens (including phenoxy) is 1. The minimum absolute atomic E-state index is 0.0693. The van der Waals surface area contributed by atoms with Gasteiger partial charge in [0, 0.05) is 11.1 Å². The molecular formula is C18H22FNO5S. The highest BCUT2D eigenvalue weighted by molar-refractivity contribution is 7.86. The fourth-order valence-electron chi connectivity index (χ4n) is 3.50. The summed E-state index contributed by atoms with van der Waals surface area (Å²) in [5.74, 6) is -0.752. The van der Waals surface area contributed by atoms with E-state index in [4.69, 9.17) is 8.92 Å². The smallest absolute Gasteiger partial charge is 0.310 e. The van der Waals surface area contributed by atoms with Crippen molar-refractivity contribution in [2.24, 2.45) is 0 Å². The molecule has 0 bridgehead atoms. The molecule has 1 aliphatic heterocycles. The van der Waals surface area contributed by atoms with Crippen LogP contribution in [0.2, 0.25) is 0 Å². The molecule has 1 atom stereocenters. The highest BCUT2D eigenvalue weighted by atomic mass is 32.2. The molecule has 2 heterocycles. The average Bonchev–Trinajstić information content (AvgIpc) is 2.86. The van der Waals surface area contributed by atoms with E-state index in [0.717, 1.165) is 23.9 Å². The van der Waals surface area contributed by atoms with Gasteiger partial charge in [-0.1, -0.05) is 19.1 Å². The molecule has 1 aliphatic rings. The topological polar surface area (TPSA) is 74.6 Å². The summed E-state index contributed by atoms with van der Waals surface area (Å²) in [7, 11) is -3.59. The number of carbonyl (C=O) groups is 1. The minimum atomic E-state index is -3.59. The summed E-state index contributed by atoms with van der Waals surface area (Å²) in [6.45, 7) is 2.50. The van der Waals surface area contributed by atoms with E-state index in [1.54, 1.807) is 16.7 Å². The molecular weight excluding hydrogens is 361 g/mol. The number of halogens is 1. The molecule has 2 aromatic rings. The Hall–Kier alpha value is -1.93. The number of hydrogen-bond donors (Lipinski definition) is 0. The van der Waals surface area contributed by atoms with Crippen LogP contribution in [0.5, 0.6) is 0 Å². The summed E-state index contributed by atoms with van der Waals surface area (Å²) in [5, 5.41) is 0.661. The molecule has 1 aromatic heterocycles. The maximum atomic E-state index is 14.5. The van der Waals surface area contributed by atoms with E-state index in [-0.39, 0.29) is 18.9 Å². The Labute approximate surface area is 152 Å². The van der Waals surface area contributed by atoms with Crippen molar-refractivity contribution in [2.75, 3.05) is 12.9 Å². The van der Waals surface area contributed by atoms with Gasteiger partial charge in [0.1, 0.15) is 5.82 Å². The lowest BCUT2D eigenvalue weighted by Gasteiger charge is -2.25. The predicted molar refractivity (Wildman–Crippen MR) is 94.9 cm³/mol. The van der Waals surface area contributed by atoms with Crippen LogP contribution in [0.25, 0.3) is 10.9 Å². The maximum Gasteiger partial charge on any atom is 0.310 e. The van der Waals surface area contributed by atoms with E-state index >= 15 is 0 Å². The van der Waals surface area contributed by atoms with Crippen LogP contribution in [0, 0.1) is 5.82 Å². The summed E-state index contributed by atoms with van der Waals surface area (Å²) >= 11 is 0. The highest BCUT2D eigenvalue weighted by Gasteiger charge is 2.29. The highest BCUT2D eigenvalue weighted by Crippen LogP contribution is 2.33. The molecule has 26 heavy (non-hydrogen) atoms. The van der Waals surface area contributed by atoms with Crippen molar-refractivity contribution >= 4 is 27.0 Å². The van der Waals surface area contributed by atoms with Gasteiger partial charge < -0.3 is 9.30 Å². The van der Waals surface area contributed by atoms with Gasteiger partial charge in [-0.25, -0.2) is 4.39 Å². The van der Waals surface area contributed by atoms with Crippen LogP contribution in [0.15, 0.2) is 18.2 Å². The van der Waals surface area contributed by atoms with Crippen LogP contribution >= 0.6 is 0 Å². The molecule has 0 spiro atoms. The van der Waals surface area contributed by atoms with Gasteiger partial charge >= 0.3 is 5.97 Å². The maximum absolute atomic E-state index is 14.5. The van der Waals surface area contributed by atoms with E-state index < -0.39 is 22.0 Å². The van der Waals surface area contributed by atoms with Crippen LogP contribution in [-0.4, -0.2) is 37.9 Å². The number of fused-ring (bicyclic) bond motifs is 3. The average molecular weight is 383 g/mol. The van der Waals surface area contributed by atoms with Crippen molar-refractivity contribution < 1.29 is 26.5 Å². The zero-order valence-corrected chi connectivity index (χ0v) is 15.6. The van der Waals surface area contributed by atoms with Crippen LogP contribution in [0.1, 0.15) is 31.0 Å². The van der Waals surface area contributed by atoms with E-state index in [2.05, 4.69) is 0 Å². The van der Waals surface area contributed by atoms with Gasteiger partial charge in [-0.15, -0.1) is 0 Å². The number of nitrogens with zero attached hydrogens (tertiary/aromatic N) is 1. The van der Waals surface area contributed by atoms with Gasteiger partial charge in [0.2, 0.25) is 0 Å². The first kappa shape index (κ1) is 18.8. The van der Waals surface area contributed by atoms with Crippen molar-refractivity contribution in [1.82, 2.24) is 4.57 Å². The Morgan fingerprint density at radius 3 is 2.85 bits per heavy atom. The second kappa shape index (κ2) is 7.36. The molecule has 1 aromatic carbocycles. The second-order valence-corrected chi connectivity index (χ2v) is 8.13. The quantitative estimate of drug-likeness (QED) is 0.566. The number of benzene rings is 1. The summed E-state index contributed by atoms with van der Waals surface area (Å²) < 4.78 is 49.4. The third kappa shape index (κ3) is 3.91. The van der Waals surface area contributed by atoms with E-state index in [9.17, 15) is 17.6 Å². The van der Waals surface area contributed by atoms with Gasteiger partial charge in [0.05, 0.1) is 37.4 Å². The van der Waals surface area contributed by atoms with Crippen LogP contribution in [0.3, 0.4) is 0 Å². The third-order valence-corrected chi connectivity index (χ3v) is 5.07. The Kier molecular flexibility index (Phi) is 5.34. The largest absolute Gasteiger partial charge is 0.465 e. The number of carbonyl (C=O) groups excluding carboxylic acids is 1. The molecule has 0 N–H and O–H groups in total. The van der Waals surface area contributed by atoms with Gasteiger partial charge in [-0.2, -0.15) is 8.42 Å². The number of esters is 1. The first-order chi connectivity index (χ1) is 12.3. The van der Waals surface area contributed by atoms with Gasteiger partial charge in [0.25, 0.3) is 10.1 Å². The van der Waals surface area contributed by atoms with Crippen LogP contribution in [-0.2, 0) is 43.2 Å². The van der Waals surface area contributed by atoms with Crippen LogP contribution < -0.4 is 0 Å². The van der Waals surface area contributed by atoms with E-state index in [1.165, 1.54) is 6.07 Å². The second-order valence-electron chi connectivity index (χ2n) is 6.53. The molecule has 142 valence electrons. The van der Waals surface area contributed by atoms with Crippen molar-refractivity contribution in [3.8, 4) is 0 Å². The first-order valence-electron chi connectivity index (χ1n) is 8.62. The molecule has 0 fully saturated rings. The molecule has 8 heteroatoms. The van der Waals surface area contributed by atoms with Crippen molar-refractivity contribution in [3.63, 3.8) is 0 Å². The summed E-state index contributed by atoms with van der Waals surface area (Å²) in [6, 6.07) is 4.74. The molecule has 0 saturated carbocycles. The van der Waals surface area contributed by atoms with Gasteiger partial charge in [-0.05, 0) is 30.9 Å². The lowest BCUT2D eigenvalue weighted by molar-refractivity contribution is -0.142. The van der Waals surface area contributed by atoms with Gasteiger partial charge in [0.15, 0.2) is 0 Å². The molecule has 0 aliphatic carbocycles. The Bertz CT molecular complexity index is 935. The Morgan fingerprint density at radius 2 is 2.15 bits per heavy atom. The monoisotopic (exact) mass is 383 g/mol. The van der Waals surface area contributed by atoms with Crippen molar-refractivity contribution in [1.29, 1.82) is 0 Å². The van der Waals surface area contributed by atoms with Gasteiger partial charge in [-0.3, -0.25) is 8.98 Å². The minimum Gasteiger partial charge on any atom is -0.465 e. The number of hydrogen-bond acceptors (Lipinski definition) is 5. The van der Waals surface area contributed by atoms with E-state index in [0.29, 0.717) is 30.4 Å². The predicted octanol–water partition coefficient (Wildman–Crippen LogP) is 2.57. The summed E-state index contributed by atoms with van der Waals surface area (Å²) in [4.78, 5) is 12.1. The zero-order chi connectivity index (χ0) is 18.9. The fraction of sp³-hybridized carbons (Fsp3) is 0.500. The zero-order valence-electron chi connectivity index (χ0n) is 14.8. The standard InChI is InChI=1S/C18H22FNO5S/c1-3-9-24-17(21)10-14-13-5-4-6-15(19)18(13)20-11-12(7-8-16(14)20)25-26(2,22)23/h4-6,12H,3,7-11H2,1-2H3. The Morgan fingerprint density at radius 1 is 1.38 bits per heavy atom. The molecule has 6 nitrogen and oxygen atoms in total. The van der Waals surface area contributed by atoms with Crippen LogP contribution in [0.4, 0.5) is 4.39 Å². The first-order valence-corrected chi connectivity index (χ1v) is 10.4. The molecule has 3 rings (SSSR count). The normalized spacial score (nSPS) is 17.3. The summed E-state index contributed by atoms with van der Waals surface area (Å²) in [6.07, 6.45) is 2.26. The third-order valence-electron chi connectivity index (χ3n) is 4.44. The van der Waals surface area contributed by atoms with Crippen molar-refractivity contribution in [2.45, 2.75) is 45.3 Å². The number of para-hydroxylation sites is 1. The molecule has 0 radical (unpaired) electrons. The lowest BCUT2D eigenvalue weighted by atomic mass is 10.0. The number of rotatable bonds is 6. The molecule has 0 saturated heterocycles. The fourth-order valence-corrected chi connectivity index (χ4v) is 4.15. The summed E-state index contributed by atoms with van der Waals surface area (Å²) in [5.41, 5.74) is 1.97. The molecule has 0 amide bonds. The SMILES string of the molecule is CCCOC(=O)Cc1c2n(c3c(F)cccc13)CC(OS(C)(=O)=O)CC2. The lowest BCUT2D eigenvalue weighted by Crippen LogP contribution is -2.29. The number of aromatic nitrogens is 1. The van der Waals surface area contributed by atoms with E-state index in [1.807, 2.05) is 6.92 Å².